The van der Waals surface area contributed by atoms with E-state index in [1.54, 1.807) is 0 Å². The number of carbonyl (C=O) groups is 1. The first-order chi connectivity index (χ1) is 14.9. The van der Waals surface area contributed by atoms with Crippen molar-refractivity contribution in [3.63, 3.8) is 0 Å². The lowest BCUT2D eigenvalue weighted by molar-refractivity contribution is -0.136. The summed E-state index contributed by atoms with van der Waals surface area (Å²) < 4.78 is 107. The van der Waals surface area contributed by atoms with Gasteiger partial charge in [0.25, 0.3) is 11.8 Å². The molecular weight excluding hydrogens is 466 g/mol. The van der Waals surface area contributed by atoms with Gasteiger partial charge in [0.05, 0.1) is 11.4 Å². The van der Waals surface area contributed by atoms with Crippen molar-refractivity contribution in [2.75, 3.05) is 18.4 Å². The van der Waals surface area contributed by atoms with Gasteiger partial charge in [-0.05, 0) is 18.6 Å². The zero-order chi connectivity index (χ0) is 23.8. The quantitative estimate of drug-likeness (QED) is 0.506. The molecule has 0 aliphatic carbocycles. The summed E-state index contributed by atoms with van der Waals surface area (Å²) in [5.41, 5.74) is -1.28. The number of rotatable bonds is 5. The molecule has 0 radical (unpaired) electrons. The van der Waals surface area contributed by atoms with Crippen molar-refractivity contribution in [1.29, 1.82) is 0 Å². The molecule has 1 fully saturated rings. The normalized spacial score (nSPS) is 19.0. The molecule has 13 heteroatoms. The van der Waals surface area contributed by atoms with Crippen LogP contribution in [0.2, 0.25) is 0 Å². The minimum Gasteiger partial charge on any atom is -0.387 e. The molecule has 1 saturated heterocycles. The van der Waals surface area contributed by atoms with Gasteiger partial charge in [-0.3, -0.25) is 4.79 Å². The Balaban J connectivity index is 1.94. The van der Waals surface area contributed by atoms with Gasteiger partial charge in [0.15, 0.2) is 17.5 Å². The lowest BCUT2D eigenvalue weighted by atomic mass is 10.1. The van der Waals surface area contributed by atoms with E-state index in [1.807, 2.05) is 5.32 Å². The van der Waals surface area contributed by atoms with E-state index in [-0.39, 0.29) is 0 Å². The van der Waals surface area contributed by atoms with E-state index >= 15 is 0 Å². The number of hydrogen-bond acceptors (Lipinski definition) is 4. The fraction of sp³-hybridized carbons (Fsp3) is 0.316. The molecule has 1 aliphatic heterocycles. The van der Waals surface area contributed by atoms with Gasteiger partial charge in [0.1, 0.15) is 12.8 Å². The molecule has 3 rings (SSSR count). The highest BCUT2D eigenvalue weighted by Crippen LogP contribution is 2.32. The SMILES string of the molecule is O=C(Nc1cc(F)c(F)c(F)c1)c1ccc(CF)c(S(=O)(=O)N2CCC(O)C(F)(F)C2)c1. The minimum absolute atomic E-state index is 0.376. The average molecular weight is 482 g/mol. The van der Waals surface area contributed by atoms with Gasteiger partial charge in [0.2, 0.25) is 10.0 Å². The zero-order valence-electron chi connectivity index (χ0n) is 16.1. The molecule has 2 N–H and O–H groups in total. The van der Waals surface area contributed by atoms with Crippen LogP contribution >= 0.6 is 0 Å². The Morgan fingerprint density at radius 3 is 2.34 bits per heavy atom. The van der Waals surface area contributed by atoms with E-state index in [0.29, 0.717) is 16.4 Å². The number of nitrogens with one attached hydrogen (secondary N) is 1. The molecule has 0 spiro atoms. The van der Waals surface area contributed by atoms with Crippen LogP contribution in [0.1, 0.15) is 22.3 Å². The van der Waals surface area contributed by atoms with E-state index in [0.717, 1.165) is 18.2 Å². The van der Waals surface area contributed by atoms with Crippen LogP contribution in [-0.4, -0.2) is 48.9 Å². The molecule has 2 aromatic rings. The van der Waals surface area contributed by atoms with Crippen molar-refractivity contribution >= 4 is 21.6 Å². The highest BCUT2D eigenvalue weighted by Gasteiger charge is 2.47. The van der Waals surface area contributed by atoms with Crippen molar-refractivity contribution in [3.8, 4) is 0 Å². The molecule has 0 saturated carbocycles. The Labute approximate surface area is 178 Å². The van der Waals surface area contributed by atoms with Gasteiger partial charge in [-0.1, -0.05) is 6.07 Å². The van der Waals surface area contributed by atoms with Crippen molar-refractivity contribution < 1.29 is 44.7 Å². The van der Waals surface area contributed by atoms with Gasteiger partial charge in [0, 0.05) is 35.5 Å². The molecule has 32 heavy (non-hydrogen) atoms. The van der Waals surface area contributed by atoms with Crippen LogP contribution in [0, 0.1) is 17.5 Å². The van der Waals surface area contributed by atoms with Gasteiger partial charge in [-0.2, -0.15) is 4.31 Å². The van der Waals surface area contributed by atoms with Crippen molar-refractivity contribution in [1.82, 2.24) is 4.31 Å². The molecule has 0 aromatic heterocycles. The Morgan fingerprint density at radius 2 is 1.78 bits per heavy atom. The second-order valence-corrected chi connectivity index (χ2v) is 8.97. The number of sulfonamides is 1. The topological polar surface area (TPSA) is 86.7 Å². The number of aliphatic hydroxyl groups excluding tert-OH is 1. The number of alkyl halides is 3. The third-order valence-electron chi connectivity index (χ3n) is 4.86. The number of anilines is 1. The molecule has 1 unspecified atom stereocenters. The van der Waals surface area contributed by atoms with Crippen LogP contribution < -0.4 is 5.32 Å². The molecule has 2 aromatic carbocycles. The van der Waals surface area contributed by atoms with Crippen LogP contribution in [0.15, 0.2) is 35.2 Å². The Hall–Kier alpha value is -2.64. The summed E-state index contributed by atoms with van der Waals surface area (Å²) in [5, 5.41) is 11.4. The zero-order valence-corrected chi connectivity index (χ0v) is 16.9. The van der Waals surface area contributed by atoms with E-state index in [4.69, 9.17) is 0 Å². The smallest absolute Gasteiger partial charge is 0.286 e. The molecule has 1 atom stereocenters. The number of hydrogen-bond donors (Lipinski definition) is 2. The number of carbonyl (C=O) groups excluding carboxylic acids is 1. The van der Waals surface area contributed by atoms with Crippen LogP contribution in [0.25, 0.3) is 0 Å². The number of nitrogens with zero attached hydrogens (tertiary/aromatic N) is 1. The van der Waals surface area contributed by atoms with Crippen molar-refractivity contribution in [2.45, 2.75) is 30.0 Å². The van der Waals surface area contributed by atoms with Crippen molar-refractivity contribution in [2.24, 2.45) is 0 Å². The fourth-order valence-electron chi connectivity index (χ4n) is 3.12. The highest BCUT2D eigenvalue weighted by atomic mass is 32.2. The Morgan fingerprint density at radius 1 is 1.16 bits per heavy atom. The summed E-state index contributed by atoms with van der Waals surface area (Å²) in [5.74, 6) is -9.72. The lowest BCUT2D eigenvalue weighted by Crippen LogP contribution is -2.53. The number of benzene rings is 2. The summed E-state index contributed by atoms with van der Waals surface area (Å²) in [7, 11) is -4.69. The van der Waals surface area contributed by atoms with Crippen LogP contribution in [0.3, 0.4) is 0 Å². The summed E-state index contributed by atoms with van der Waals surface area (Å²) in [6.45, 7) is -3.10. The predicted molar refractivity (Wildman–Crippen MR) is 99.9 cm³/mol. The first-order valence-corrected chi connectivity index (χ1v) is 10.5. The Kier molecular flexibility index (Phi) is 6.54. The maximum absolute atomic E-state index is 13.8. The molecule has 1 amide bonds. The van der Waals surface area contributed by atoms with E-state index < -0.39 is 93.3 Å². The minimum atomic E-state index is -4.69. The second kappa shape index (κ2) is 8.71. The van der Waals surface area contributed by atoms with Crippen LogP contribution in [-0.2, 0) is 16.7 Å². The molecule has 1 heterocycles. The molecule has 6 nitrogen and oxygen atoms in total. The summed E-state index contributed by atoms with van der Waals surface area (Å²) in [6.07, 6.45) is -2.60. The van der Waals surface area contributed by atoms with E-state index in [9.17, 15) is 44.7 Å². The molecular formula is C19H16F6N2O4S. The first kappa shape index (κ1) is 24.0. The molecule has 1 aliphatic rings. The van der Waals surface area contributed by atoms with Gasteiger partial charge in [-0.15, -0.1) is 0 Å². The van der Waals surface area contributed by atoms with Crippen molar-refractivity contribution in [3.05, 3.63) is 58.9 Å². The van der Waals surface area contributed by atoms with Crippen LogP contribution in [0.4, 0.5) is 32.0 Å². The maximum Gasteiger partial charge on any atom is 0.286 e. The van der Waals surface area contributed by atoms with E-state index in [2.05, 4.69) is 0 Å². The van der Waals surface area contributed by atoms with Gasteiger partial charge >= 0.3 is 0 Å². The van der Waals surface area contributed by atoms with E-state index in [1.165, 1.54) is 0 Å². The number of amides is 1. The second-order valence-electron chi connectivity index (χ2n) is 7.07. The number of halogens is 6. The average Bonchev–Trinajstić information content (AvgIpc) is 2.73. The standard InChI is InChI=1S/C19H16F6N2O4S/c20-8-11-2-1-10(18(29)26-12-6-13(21)17(23)14(22)7-12)5-15(11)32(30,31)27-4-3-16(28)19(24,25)9-27/h1-2,5-7,16,28H,3-4,8-9H2,(H,26,29). The summed E-state index contributed by atoms with van der Waals surface area (Å²) in [6, 6.07) is 3.69. The lowest BCUT2D eigenvalue weighted by Gasteiger charge is -2.35. The highest BCUT2D eigenvalue weighted by molar-refractivity contribution is 7.89. The first-order valence-electron chi connectivity index (χ1n) is 9.07. The van der Waals surface area contributed by atoms with Gasteiger partial charge in [-0.25, -0.2) is 34.8 Å². The third-order valence-corrected chi connectivity index (χ3v) is 6.79. The van der Waals surface area contributed by atoms with Crippen LogP contribution in [0.5, 0.6) is 0 Å². The summed E-state index contributed by atoms with van der Waals surface area (Å²) in [4.78, 5) is 11.7. The van der Waals surface area contributed by atoms with Gasteiger partial charge < -0.3 is 10.4 Å². The predicted octanol–water partition coefficient (Wildman–Crippen LogP) is 3.22. The molecule has 0 bridgehead atoms. The largest absolute Gasteiger partial charge is 0.387 e. The fourth-order valence-corrected chi connectivity index (χ4v) is 4.81. The number of aliphatic hydroxyl groups is 1. The number of piperidine rings is 1. The Bertz CT molecular complexity index is 1140. The molecule has 174 valence electrons. The third kappa shape index (κ3) is 4.59. The summed E-state index contributed by atoms with van der Waals surface area (Å²) >= 11 is 0. The monoisotopic (exact) mass is 482 g/mol. The maximum atomic E-state index is 13.8.